The van der Waals surface area contributed by atoms with Crippen molar-refractivity contribution in [1.82, 2.24) is 10.2 Å². The van der Waals surface area contributed by atoms with Crippen LogP contribution in [0.1, 0.15) is 37.0 Å². The maximum absolute atomic E-state index is 12.1. The number of nitrogens with zero attached hydrogens (tertiary/aromatic N) is 1. The van der Waals surface area contributed by atoms with E-state index in [2.05, 4.69) is 36.2 Å². The summed E-state index contributed by atoms with van der Waals surface area (Å²) in [6, 6.07) is 16.6. The number of rotatable bonds is 4. The van der Waals surface area contributed by atoms with E-state index in [1.54, 1.807) is 0 Å². The number of likely N-dealkylation sites (N-methyl/N-ethyl adjacent to an activating group) is 1. The number of carbonyl (C=O) groups is 1. The molecule has 0 aromatic heterocycles. The Morgan fingerprint density at radius 3 is 2.85 bits per heavy atom. The van der Waals surface area contributed by atoms with Gasteiger partial charge in [0.1, 0.15) is 5.75 Å². The minimum absolute atomic E-state index is 0.236. The molecular formula is C22H26N2O2. The van der Waals surface area contributed by atoms with Crippen LogP contribution in [-0.2, 0) is 18.4 Å². The summed E-state index contributed by atoms with van der Waals surface area (Å²) in [6.07, 6.45) is 1.84. The average molecular weight is 350 g/mol. The molecule has 1 aliphatic heterocycles. The van der Waals surface area contributed by atoms with Crippen molar-refractivity contribution < 1.29 is 9.53 Å². The molecule has 0 unspecified atom stereocenters. The van der Waals surface area contributed by atoms with Crippen LogP contribution < -0.4 is 10.1 Å². The molecule has 2 aromatic rings. The number of hydrogen-bond donors (Lipinski definition) is 1. The van der Waals surface area contributed by atoms with E-state index in [1.165, 1.54) is 24.1 Å². The largest absolute Gasteiger partial charge is 0.412 e. The van der Waals surface area contributed by atoms with Gasteiger partial charge in [0, 0.05) is 18.0 Å². The normalized spacial score (nSPS) is 24.2. The number of amides is 1. The van der Waals surface area contributed by atoms with Gasteiger partial charge < -0.3 is 10.1 Å². The van der Waals surface area contributed by atoms with Crippen molar-refractivity contribution in [3.05, 3.63) is 65.2 Å². The molecule has 1 N–H and O–H groups in total. The number of carbonyl (C=O) groups excluding carboxylic acids is 1. The van der Waals surface area contributed by atoms with Crippen molar-refractivity contribution in [3.63, 3.8) is 0 Å². The molecule has 2 aliphatic rings. The van der Waals surface area contributed by atoms with E-state index in [-0.39, 0.29) is 5.41 Å². The smallest absolute Gasteiger partial charge is 0.410 e. The van der Waals surface area contributed by atoms with Crippen LogP contribution in [-0.4, -0.2) is 30.1 Å². The van der Waals surface area contributed by atoms with E-state index in [9.17, 15) is 4.79 Å². The van der Waals surface area contributed by atoms with Gasteiger partial charge in [-0.25, -0.2) is 4.79 Å². The summed E-state index contributed by atoms with van der Waals surface area (Å²) in [5.74, 6) is 0.626. The predicted octanol–water partition coefficient (Wildman–Crippen LogP) is 3.88. The molecular weight excluding hydrogens is 324 g/mol. The van der Waals surface area contributed by atoms with Crippen LogP contribution in [0.15, 0.2) is 48.5 Å². The summed E-state index contributed by atoms with van der Waals surface area (Å²) in [4.78, 5) is 14.7. The molecule has 4 nitrogen and oxygen atoms in total. The van der Waals surface area contributed by atoms with Crippen molar-refractivity contribution in [3.8, 4) is 5.75 Å². The molecule has 4 rings (SSSR count). The van der Waals surface area contributed by atoms with E-state index in [0.717, 1.165) is 18.5 Å². The number of ether oxygens (including phenoxy) is 1. The maximum Gasteiger partial charge on any atom is 0.412 e. The Balaban J connectivity index is 1.43. The standard InChI is InChI=1S/C22H26N2O2/c1-3-24-12-11-22(2)19-10-9-18(13-17(19)14-20(22)24)26-21(25)23-15-16-7-5-4-6-8-16/h4-10,13,20H,3,11-12,14-15H2,1-2H3,(H,23,25)/t20-,22+/m1/s1. The van der Waals surface area contributed by atoms with Gasteiger partial charge in [-0.1, -0.05) is 50.2 Å². The molecule has 1 aliphatic carbocycles. The summed E-state index contributed by atoms with van der Waals surface area (Å²) in [6.45, 7) is 7.36. The van der Waals surface area contributed by atoms with Crippen molar-refractivity contribution in [2.75, 3.05) is 13.1 Å². The van der Waals surface area contributed by atoms with Crippen molar-refractivity contribution >= 4 is 6.09 Å². The van der Waals surface area contributed by atoms with Gasteiger partial charge in [-0.3, -0.25) is 4.90 Å². The highest BCUT2D eigenvalue weighted by Crippen LogP contribution is 2.48. The molecule has 26 heavy (non-hydrogen) atoms. The topological polar surface area (TPSA) is 41.6 Å². The first kappa shape index (κ1) is 17.1. The first-order valence-corrected chi connectivity index (χ1v) is 9.47. The van der Waals surface area contributed by atoms with E-state index in [4.69, 9.17) is 4.74 Å². The Morgan fingerprint density at radius 1 is 1.27 bits per heavy atom. The number of nitrogens with one attached hydrogen (secondary N) is 1. The van der Waals surface area contributed by atoms with Gasteiger partial charge in [0.15, 0.2) is 0 Å². The van der Waals surface area contributed by atoms with Crippen LogP contribution in [0.2, 0.25) is 0 Å². The highest BCUT2D eigenvalue weighted by Gasteiger charge is 2.49. The van der Waals surface area contributed by atoms with E-state index < -0.39 is 6.09 Å². The van der Waals surface area contributed by atoms with Crippen LogP contribution >= 0.6 is 0 Å². The minimum atomic E-state index is -0.409. The maximum atomic E-state index is 12.1. The van der Waals surface area contributed by atoms with Gasteiger partial charge in [0.25, 0.3) is 0 Å². The zero-order valence-corrected chi connectivity index (χ0v) is 15.5. The minimum Gasteiger partial charge on any atom is -0.410 e. The average Bonchev–Trinajstić information content (AvgIpc) is 3.12. The first-order chi connectivity index (χ1) is 12.6. The van der Waals surface area contributed by atoms with Crippen LogP contribution in [0.25, 0.3) is 0 Å². The van der Waals surface area contributed by atoms with Crippen molar-refractivity contribution in [2.45, 2.75) is 44.7 Å². The van der Waals surface area contributed by atoms with Crippen LogP contribution in [0.4, 0.5) is 4.79 Å². The fourth-order valence-corrected chi connectivity index (χ4v) is 4.63. The molecule has 136 valence electrons. The third kappa shape index (κ3) is 2.99. The lowest BCUT2D eigenvalue weighted by Crippen LogP contribution is -2.37. The number of hydrogen-bond acceptors (Lipinski definition) is 3. The van der Waals surface area contributed by atoms with E-state index in [0.29, 0.717) is 18.3 Å². The van der Waals surface area contributed by atoms with Gasteiger partial charge >= 0.3 is 6.09 Å². The fraction of sp³-hybridized carbons (Fsp3) is 0.409. The Hall–Kier alpha value is -2.33. The number of benzene rings is 2. The van der Waals surface area contributed by atoms with Gasteiger partial charge in [0.2, 0.25) is 0 Å². The fourth-order valence-electron chi connectivity index (χ4n) is 4.63. The lowest BCUT2D eigenvalue weighted by molar-refractivity contribution is 0.200. The zero-order valence-electron chi connectivity index (χ0n) is 15.5. The van der Waals surface area contributed by atoms with Crippen LogP contribution in [0, 0.1) is 0 Å². The molecule has 2 aromatic carbocycles. The molecule has 1 fully saturated rings. The van der Waals surface area contributed by atoms with Gasteiger partial charge in [-0.15, -0.1) is 0 Å². The second-order valence-corrected chi connectivity index (χ2v) is 7.56. The molecule has 2 atom stereocenters. The van der Waals surface area contributed by atoms with Crippen molar-refractivity contribution in [1.29, 1.82) is 0 Å². The molecule has 1 saturated heterocycles. The lowest BCUT2D eigenvalue weighted by atomic mass is 9.81. The van der Waals surface area contributed by atoms with Crippen LogP contribution in [0.5, 0.6) is 5.75 Å². The van der Waals surface area contributed by atoms with Crippen LogP contribution in [0.3, 0.4) is 0 Å². The molecule has 1 amide bonds. The Kier molecular flexibility index (Phi) is 4.45. The Bertz CT molecular complexity index is 805. The van der Waals surface area contributed by atoms with Crippen molar-refractivity contribution in [2.24, 2.45) is 0 Å². The zero-order chi connectivity index (χ0) is 18.1. The summed E-state index contributed by atoms with van der Waals surface area (Å²) >= 11 is 0. The molecule has 0 saturated carbocycles. The summed E-state index contributed by atoms with van der Waals surface area (Å²) in [7, 11) is 0. The van der Waals surface area contributed by atoms with Gasteiger partial charge in [-0.05, 0) is 54.8 Å². The summed E-state index contributed by atoms with van der Waals surface area (Å²) in [5, 5.41) is 2.81. The second-order valence-electron chi connectivity index (χ2n) is 7.56. The molecule has 0 radical (unpaired) electrons. The Morgan fingerprint density at radius 2 is 2.08 bits per heavy atom. The molecule has 0 bridgehead atoms. The van der Waals surface area contributed by atoms with Gasteiger partial charge in [-0.2, -0.15) is 0 Å². The number of likely N-dealkylation sites (tertiary alicyclic amines) is 1. The third-order valence-electron chi connectivity index (χ3n) is 6.10. The lowest BCUT2D eigenvalue weighted by Gasteiger charge is -2.29. The SMILES string of the molecule is CCN1CC[C@@]2(C)c3ccc(OC(=O)NCc4ccccc4)cc3C[C@@H]12. The third-order valence-corrected chi connectivity index (χ3v) is 6.10. The number of fused-ring (bicyclic) bond motifs is 3. The molecule has 1 heterocycles. The second kappa shape index (κ2) is 6.76. The quantitative estimate of drug-likeness (QED) is 0.910. The first-order valence-electron chi connectivity index (χ1n) is 9.47. The summed E-state index contributed by atoms with van der Waals surface area (Å²) < 4.78 is 5.51. The van der Waals surface area contributed by atoms with Gasteiger partial charge in [0.05, 0.1) is 0 Å². The molecule has 4 heteroatoms. The van der Waals surface area contributed by atoms with E-state index >= 15 is 0 Å². The Labute approximate surface area is 155 Å². The summed E-state index contributed by atoms with van der Waals surface area (Å²) in [5.41, 5.74) is 4.04. The monoisotopic (exact) mass is 350 g/mol. The van der Waals surface area contributed by atoms with E-state index in [1.807, 2.05) is 36.4 Å². The highest BCUT2D eigenvalue weighted by atomic mass is 16.6. The molecule has 0 spiro atoms. The highest BCUT2D eigenvalue weighted by molar-refractivity contribution is 5.70. The predicted molar refractivity (Wildman–Crippen MR) is 102 cm³/mol.